The van der Waals surface area contributed by atoms with Gasteiger partial charge in [0, 0.05) is 21.6 Å². The minimum atomic E-state index is 0.632. The Hall–Kier alpha value is -1.64. The molecule has 0 unspecified atom stereocenters. The smallest absolute Gasteiger partial charge is 0.0710 e. The Morgan fingerprint density at radius 1 is 1.10 bits per heavy atom. The monoisotopic (exact) mass is 304 g/mol. The van der Waals surface area contributed by atoms with Crippen molar-refractivity contribution in [2.75, 3.05) is 5.32 Å². The van der Waals surface area contributed by atoms with Crippen molar-refractivity contribution in [3.63, 3.8) is 0 Å². The van der Waals surface area contributed by atoms with Crippen LogP contribution in [0.4, 0.5) is 5.69 Å². The minimum Gasteiger partial charge on any atom is -0.379 e. The number of halogens is 2. The topological polar surface area (TPSA) is 27.8 Å². The largest absolute Gasteiger partial charge is 0.379 e. The van der Waals surface area contributed by atoms with Gasteiger partial charge in [-0.05, 0) is 30.7 Å². The molecule has 0 spiro atoms. The highest BCUT2D eigenvalue weighted by Gasteiger charge is 2.08. The molecule has 2 nitrogen and oxygen atoms in total. The predicted molar refractivity (Wildman–Crippen MR) is 86.8 cm³/mol. The van der Waals surface area contributed by atoms with Crippen LogP contribution in [-0.4, -0.2) is 4.98 Å². The number of rotatable bonds is 3. The van der Waals surface area contributed by atoms with Gasteiger partial charge in [-0.3, -0.25) is 0 Å². The molecule has 20 heavy (non-hydrogen) atoms. The first kappa shape index (κ1) is 13.3. The highest BCUT2D eigenvalue weighted by molar-refractivity contribution is 6.36. The zero-order chi connectivity index (χ0) is 14.1. The average molecular weight is 305 g/mol. The second-order valence-electron chi connectivity index (χ2n) is 4.78. The summed E-state index contributed by atoms with van der Waals surface area (Å²) < 4.78 is 0. The third-order valence-corrected chi connectivity index (χ3v) is 4.19. The fourth-order valence-corrected chi connectivity index (χ4v) is 2.64. The van der Waals surface area contributed by atoms with Crippen LogP contribution in [0.2, 0.25) is 10.0 Å². The average Bonchev–Trinajstić information content (AvgIpc) is 2.77. The van der Waals surface area contributed by atoms with Gasteiger partial charge in [0.25, 0.3) is 0 Å². The molecule has 0 aliphatic rings. The van der Waals surface area contributed by atoms with E-state index in [0.717, 1.165) is 37.9 Å². The van der Waals surface area contributed by atoms with Crippen molar-refractivity contribution in [2.45, 2.75) is 13.5 Å². The molecule has 0 saturated heterocycles. The number of aromatic nitrogens is 1. The number of hydrogen-bond acceptors (Lipinski definition) is 1. The zero-order valence-electron chi connectivity index (χ0n) is 11.0. The Morgan fingerprint density at radius 2 is 1.90 bits per heavy atom. The molecule has 0 aliphatic heterocycles. The normalized spacial score (nSPS) is 10.9. The van der Waals surface area contributed by atoms with E-state index in [1.54, 1.807) is 0 Å². The maximum Gasteiger partial charge on any atom is 0.0710 e. The fourth-order valence-electron chi connectivity index (χ4n) is 2.18. The second kappa shape index (κ2) is 5.39. The summed E-state index contributed by atoms with van der Waals surface area (Å²) in [6.07, 6.45) is 0. The summed E-state index contributed by atoms with van der Waals surface area (Å²) in [6.45, 7) is 2.62. The van der Waals surface area contributed by atoms with Gasteiger partial charge in [0.1, 0.15) is 0 Å². The van der Waals surface area contributed by atoms with Crippen LogP contribution in [0.15, 0.2) is 42.5 Å². The highest BCUT2D eigenvalue weighted by atomic mass is 35.5. The van der Waals surface area contributed by atoms with Crippen LogP contribution >= 0.6 is 23.2 Å². The summed E-state index contributed by atoms with van der Waals surface area (Å²) in [4.78, 5) is 3.33. The quantitative estimate of drug-likeness (QED) is 0.666. The standard InChI is InChI=1S/C16H14Cl2N2/c1-10-6-7-11(8-13(10)17)19-9-15-16(18)12-4-2-3-5-14(12)20-15/h2-8,19-20H,9H2,1H3. The molecule has 0 saturated carbocycles. The van der Waals surface area contributed by atoms with Gasteiger partial charge in [0.2, 0.25) is 0 Å². The molecular formula is C16H14Cl2N2. The summed E-state index contributed by atoms with van der Waals surface area (Å²) in [7, 11) is 0. The van der Waals surface area contributed by atoms with Crippen molar-refractivity contribution in [2.24, 2.45) is 0 Å². The zero-order valence-corrected chi connectivity index (χ0v) is 12.5. The molecule has 0 atom stereocenters. The van der Waals surface area contributed by atoms with Gasteiger partial charge in [-0.1, -0.05) is 47.5 Å². The van der Waals surface area contributed by atoms with E-state index in [-0.39, 0.29) is 0 Å². The molecule has 1 heterocycles. The van der Waals surface area contributed by atoms with Crippen LogP contribution in [0, 0.1) is 6.92 Å². The maximum atomic E-state index is 6.38. The summed E-state index contributed by atoms with van der Waals surface area (Å²) in [5.41, 5.74) is 4.08. The van der Waals surface area contributed by atoms with Gasteiger partial charge in [0.05, 0.1) is 17.3 Å². The lowest BCUT2D eigenvalue weighted by molar-refractivity contribution is 1.08. The molecule has 0 aliphatic carbocycles. The number of benzene rings is 2. The van der Waals surface area contributed by atoms with Crippen LogP contribution in [0.5, 0.6) is 0 Å². The highest BCUT2D eigenvalue weighted by Crippen LogP contribution is 2.28. The van der Waals surface area contributed by atoms with Crippen LogP contribution in [0.3, 0.4) is 0 Å². The van der Waals surface area contributed by atoms with E-state index >= 15 is 0 Å². The first-order valence-corrected chi connectivity index (χ1v) is 7.16. The van der Waals surface area contributed by atoms with E-state index in [2.05, 4.69) is 10.3 Å². The minimum absolute atomic E-state index is 0.632. The van der Waals surface area contributed by atoms with Gasteiger partial charge in [-0.25, -0.2) is 0 Å². The molecule has 3 rings (SSSR count). The van der Waals surface area contributed by atoms with E-state index in [1.165, 1.54) is 0 Å². The Balaban J connectivity index is 1.83. The van der Waals surface area contributed by atoms with Gasteiger partial charge in [0.15, 0.2) is 0 Å². The Kier molecular flexibility index (Phi) is 3.60. The van der Waals surface area contributed by atoms with Gasteiger partial charge in [-0.2, -0.15) is 0 Å². The Bertz CT molecular complexity index is 762. The number of nitrogens with one attached hydrogen (secondary N) is 2. The van der Waals surface area contributed by atoms with Crippen LogP contribution in [0.25, 0.3) is 10.9 Å². The lowest BCUT2D eigenvalue weighted by Gasteiger charge is -2.07. The molecule has 2 N–H and O–H groups in total. The first-order chi connectivity index (χ1) is 9.65. The number of aryl methyl sites for hydroxylation is 1. The Morgan fingerprint density at radius 3 is 2.65 bits per heavy atom. The summed E-state index contributed by atoms with van der Waals surface area (Å²) >= 11 is 12.5. The Labute approximate surface area is 127 Å². The van der Waals surface area contributed by atoms with Gasteiger partial charge < -0.3 is 10.3 Å². The van der Waals surface area contributed by atoms with Gasteiger partial charge in [-0.15, -0.1) is 0 Å². The summed E-state index contributed by atoms with van der Waals surface area (Å²) in [5.74, 6) is 0. The molecule has 1 aromatic heterocycles. The van der Waals surface area contributed by atoms with E-state index in [0.29, 0.717) is 6.54 Å². The second-order valence-corrected chi connectivity index (χ2v) is 5.57. The number of hydrogen-bond donors (Lipinski definition) is 2. The molecule has 3 aromatic rings. The molecule has 0 fully saturated rings. The molecule has 0 radical (unpaired) electrons. The third kappa shape index (κ3) is 2.49. The van der Waals surface area contributed by atoms with Crippen molar-refractivity contribution in [1.82, 2.24) is 4.98 Å². The molecule has 102 valence electrons. The fraction of sp³-hybridized carbons (Fsp3) is 0.125. The molecular weight excluding hydrogens is 291 g/mol. The summed E-state index contributed by atoms with van der Waals surface area (Å²) in [5, 5.41) is 5.91. The number of anilines is 1. The molecule has 2 aromatic carbocycles. The number of fused-ring (bicyclic) bond motifs is 1. The van der Waals surface area contributed by atoms with E-state index in [9.17, 15) is 0 Å². The third-order valence-electron chi connectivity index (χ3n) is 3.36. The van der Waals surface area contributed by atoms with Gasteiger partial charge >= 0.3 is 0 Å². The summed E-state index contributed by atoms with van der Waals surface area (Å²) in [6, 6.07) is 13.9. The number of aromatic amines is 1. The van der Waals surface area contributed by atoms with Crippen molar-refractivity contribution >= 4 is 39.8 Å². The lowest BCUT2D eigenvalue weighted by atomic mass is 10.2. The SMILES string of the molecule is Cc1ccc(NCc2[nH]c3ccccc3c2Cl)cc1Cl. The number of para-hydroxylation sites is 1. The van der Waals surface area contributed by atoms with Crippen molar-refractivity contribution in [1.29, 1.82) is 0 Å². The maximum absolute atomic E-state index is 6.38. The first-order valence-electron chi connectivity index (χ1n) is 6.40. The molecule has 0 bridgehead atoms. The molecule has 0 amide bonds. The van der Waals surface area contributed by atoms with Crippen LogP contribution in [0.1, 0.15) is 11.3 Å². The van der Waals surface area contributed by atoms with Crippen LogP contribution < -0.4 is 5.32 Å². The van der Waals surface area contributed by atoms with Crippen molar-refractivity contribution in [3.05, 3.63) is 63.8 Å². The lowest BCUT2D eigenvalue weighted by Crippen LogP contribution is -2.00. The predicted octanol–water partition coefficient (Wildman–Crippen LogP) is 5.40. The van der Waals surface area contributed by atoms with Crippen molar-refractivity contribution < 1.29 is 0 Å². The van der Waals surface area contributed by atoms with E-state index in [4.69, 9.17) is 23.2 Å². The van der Waals surface area contributed by atoms with Crippen LogP contribution in [-0.2, 0) is 6.54 Å². The van der Waals surface area contributed by atoms with E-state index in [1.807, 2.05) is 49.4 Å². The van der Waals surface area contributed by atoms with E-state index < -0.39 is 0 Å². The molecule has 4 heteroatoms. The number of H-pyrrole nitrogens is 1. The van der Waals surface area contributed by atoms with Crippen molar-refractivity contribution in [3.8, 4) is 0 Å².